The molecule has 0 saturated carbocycles. The lowest BCUT2D eigenvalue weighted by molar-refractivity contribution is 0.189. The van der Waals surface area contributed by atoms with Crippen LogP contribution in [0.5, 0.6) is 5.75 Å². The molecule has 156 valence electrons. The molecule has 3 aromatic carbocycles. The molecule has 1 heterocycles. The largest absolute Gasteiger partial charge is 0.483 e. The number of benzene rings is 3. The second kappa shape index (κ2) is 7.81. The van der Waals surface area contributed by atoms with Crippen LogP contribution in [0, 0.1) is 0 Å². The van der Waals surface area contributed by atoms with Crippen molar-refractivity contribution in [1.29, 1.82) is 0 Å². The third-order valence-corrected chi connectivity index (χ3v) is 7.19. The van der Waals surface area contributed by atoms with E-state index in [2.05, 4.69) is 114 Å². The fraction of sp³-hybridized carbons (Fsp3) is 0.357. The van der Waals surface area contributed by atoms with Crippen LogP contribution < -0.4 is 4.74 Å². The Balaban J connectivity index is 1.90. The smallest absolute Gasteiger partial charge is 0.140 e. The van der Waals surface area contributed by atoms with Crippen LogP contribution in [0.3, 0.4) is 0 Å². The van der Waals surface area contributed by atoms with Gasteiger partial charge >= 0.3 is 0 Å². The molecule has 0 radical (unpaired) electrons. The third-order valence-electron chi connectivity index (χ3n) is 5.76. The van der Waals surface area contributed by atoms with Crippen LogP contribution in [0.25, 0.3) is 0 Å². The summed E-state index contributed by atoms with van der Waals surface area (Å²) in [5, 5.41) is 0.211. The van der Waals surface area contributed by atoms with Gasteiger partial charge in [0.05, 0.1) is 10.1 Å². The maximum absolute atomic E-state index is 6.84. The molecule has 0 saturated heterocycles. The minimum absolute atomic E-state index is 0.0193. The monoisotopic (exact) mass is 416 g/mol. The highest BCUT2D eigenvalue weighted by atomic mass is 32.2. The van der Waals surface area contributed by atoms with Gasteiger partial charge in [0.2, 0.25) is 0 Å². The molecule has 1 aliphatic rings. The summed E-state index contributed by atoms with van der Waals surface area (Å²) >= 11 is 1.96. The van der Waals surface area contributed by atoms with E-state index in [4.69, 9.17) is 4.74 Å². The first-order chi connectivity index (χ1) is 14.1. The van der Waals surface area contributed by atoms with Crippen LogP contribution in [0.1, 0.15) is 75.2 Å². The predicted octanol–water partition coefficient (Wildman–Crippen LogP) is 8.25. The number of hydrogen-bond acceptors (Lipinski definition) is 2. The first-order valence-corrected chi connectivity index (χ1v) is 11.6. The Labute approximate surface area is 185 Å². The van der Waals surface area contributed by atoms with Crippen LogP contribution in [0.4, 0.5) is 0 Å². The maximum atomic E-state index is 6.84. The minimum atomic E-state index is -0.0193. The summed E-state index contributed by atoms with van der Waals surface area (Å²) in [5.41, 5.74) is 5.35. The molecule has 30 heavy (non-hydrogen) atoms. The van der Waals surface area contributed by atoms with Crippen molar-refractivity contribution in [2.24, 2.45) is 0 Å². The van der Waals surface area contributed by atoms with Crippen LogP contribution in [0.2, 0.25) is 0 Å². The second-order valence-corrected chi connectivity index (χ2v) is 11.4. The van der Waals surface area contributed by atoms with Crippen molar-refractivity contribution in [2.45, 2.75) is 68.6 Å². The van der Waals surface area contributed by atoms with Gasteiger partial charge in [0.15, 0.2) is 0 Å². The summed E-state index contributed by atoms with van der Waals surface area (Å²) in [6, 6.07) is 26.1. The van der Waals surface area contributed by atoms with Crippen LogP contribution in [-0.2, 0) is 10.8 Å². The molecule has 0 bridgehead atoms. The summed E-state index contributed by atoms with van der Waals surface area (Å²) in [4.78, 5) is 1.29. The Morgan fingerprint density at radius 2 is 1.27 bits per heavy atom. The highest BCUT2D eigenvalue weighted by Crippen LogP contribution is 2.56. The van der Waals surface area contributed by atoms with Crippen molar-refractivity contribution in [1.82, 2.24) is 0 Å². The Morgan fingerprint density at radius 3 is 1.80 bits per heavy atom. The lowest BCUT2D eigenvalue weighted by atomic mass is 9.80. The highest BCUT2D eigenvalue weighted by Gasteiger charge is 2.37. The van der Waals surface area contributed by atoms with E-state index in [1.54, 1.807) is 0 Å². The van der Waals surface area contributed by atoms with Gasteiger partial charge in [0.1, 0.15) is 11.9 Å². The average molecular weight is 417 g/mol. The van der Waals surface area contributed by atoms with E-state index >= 15 is 0 Å². The van der Waals surface area contributed by atoms with Crippen molar-refractivity contribution >= 4 is 11.8 Å². The van der Waals surface area contributed by atoms with E-state index < -0.39 is 0 Å². The molecule has 0 spiro atoms. The summed E-state index contributed by atoms with van der Waals surface area (Å²) in [5.74, 6) is 1.03. The number of hydrogen-bond donors (Lipinski definition) is 0. The van der Waals surface area contributed by atoms with Gasteiger partial charge in [-0.25, -0.2) is 0 Å². The van der Waals surface area contributed by atoms with Crippen molar-refractivity contribution < 1.29 is 4.74 Å². The fourth-order valence-electron chi connectivity index (χ4n) is 3.96. The molecule has 0 N–H and O–H groups in total. The van der Waals surface area contributed by atoms with Crippen molar-refractivity contribution in [2.75, 3.05) is 0 Å². The van der Waals surface area contributed by atoms with Gasteiger partial charge < -0.3 is 4.74 Å². The molecule has 2 atom stereocenters. The van der Waals surface area contributed by atoms with Crippen molar-refractivity contribution in [3.05, 3.63) is 95.1 Å². The maximum Gasteiger partial charge on any atom is 0.140 e. The molecular weight excluding hydrogens is 384 g/mol. The Kier molecular flexibility index (Phi) is 5.48. The lowest BCUT2D eigenvalue weighted by Crippen LogP contribution is -2.24. The Morgan fingerprint density at radius 1 is 0.700 bits per heavy atom. The van der Waals surface area contributed by atoms with Gasteiger partial charge in [-0.3, -0.25) is 0 Å². The van der Waals surface area contributed by atoms with Gasteiger partial charge in [0.25, 0.3) is 0 Å². The molecule has 0 fully saturated rings. The van der Waals surface area contributed by atoms with Gasteiger partial charge in [-0.2, -0.15) is 0 Å². The second-order valence-electron chi connectivity index (χ2n) is 10.2. The first-order valence-electron chi connectivity index (χ1n) is 10.8. The summed E-state index contributed by atoms with van der Waals surface area (Å²) in [7, 11) is 0. The van der Waals surface area contributed by atoms with Gasteiger partial charge in [-0.15, -0.1) is 11.8 Å². The minimum Gasteiger partial charge on any atom is -0.483 e. The van der Waals surface area contributed by atoms with E-state index in [9.17, 15) is 0 Å². The zero-order chi connectivity index (χ0) is 21.5. The van der Waals surface area contributed by atoms with E-state index in [1.807, 2.05) is 11.8 Å². The number of fused-ring (bicyclic) bond motifs is 1. The van der Waals surface area contributed by atoms with Gasteiger partial charge in [-0.1, -0.05) is 108 Å². The number of ether oxygens (including phenoxy) is 1. The van der Waals surface area contributed by atoms with E-state index in [1.165, 1.54) is 27.1 Å². The topological polar surface area (TPSA) is 9.23 Å². The molecule has 1 nitrogen and oxygen atoms in total. The quantitative estimate of drug-likeness (QED) is 0.416. The van der Waals surface area contributed by atoms with Crippen molar-refractivity contribution in [3.8, 4) is 5.75 Å². The third kappa shape index (κ3) is 4.16. The Bertz CT molecular complexity index is 1010. The summed E-state index contributed by atoms with van der Waals surface area (Å²) in [6.07, 6.45) is -0.0193. The standard InChI is InChI=1S/C28H32OS/c1-27(2,3)21-17-22(28(4,5)6)26-23(18-21)29-24(19-13-9-7-10-14-19)25(30-26)20-15-11-8-12-16-20/h7-18,24-25H,1-6H3/t24-,25-/m1/s1. The molecule has 4 rings (SSSR count). The van der Waals surface area contributed by atoms with Crippen LogP contribution in [-0.4, -0.2) is 0 Å². The average Bonchev–Trinajstić information content (AvgIpc) is 2.72. The molecule has 0 aliphatic carbocycles. The number of rotatable bonds is 2. The first kappa shape index (κ1) is 21.1. The fourth-order valence-corrected chi connectivity index (χ4v) is 5.56. The van der Waals surface area contributed by atoms with E-state index in [-0.39, 0.29) is 22.2 Å². The molecule has 1 aliphatic heterocycles. The highest BCUT2D eigenvalue weighted by molar-refractivity contribution is 7.99. The molecular formula is C28H32OS. The normalized spacial score (nSPS) is 19.1. The molecule has 0 aromatic heterocycles. The lowest BCUT2D eigenvalue weighted by Gasteiger charge is -2.38. The van der Waals surface area contributed by atoms with Crippen LogP contribution >= 0.6 is 11.8 Å². The molecule has 3 aromatic rings. The van der Waals surface area contributed by atoms with Gasteiger partial charge in [-0.05, 0) is 39.2 Å². The molecule has 0 amide bonds. The van der Waals surface area contributed by atoms with Crippen LogP contribution in [0.15, 0.2) is 77.7 Å². The zero-order valence-electron chi connectivity index (χ0n) is 18.9. The zero-order valence-corrected chi connectivity index (χ0v) is 19.7. The predicted molar refractivity (Wildman–Crippen MR) is 129 cm³/mol. The summed E-state index contributed by atoms with van der Waals surface area (Å²) < 4.78 is 6.84. The van der Waals surface area contributed by atoms with E-state index in [0.29, 0.717) is 0 Å². The SMILES string of the molecule is CC(C)(C)c1cc2c(c(C(C)(C)C)c1)S[C@H](c1ccccc1)[C@@H](c1ccccc1)O2. The number of thioether (sulfide) groups is 1. The Hall–Kier alpha value is -2.19. The molecule has 2 heteroatoms. The van der Waals surface area contributed by atoms with Gasteiger partial charge in [0, 0.05) is 0 Å². The summed E-state index contributed by atoms with van der Waals surface area (Å²) in [6.45, 7) is 13.7. The molecule has 0 unspecified atom stereocenters. The van der Waals surface area contributed by atoms with Crippen molar-refractivity contribution in [3.63, 3.8) is 0 Å². The van der Waals surface area contributed by atoms with E-state index in [0.717, 1.165) is 5.75 Å².